The van der Waals surface area contributed by atoms with Gasteiger partial charge in [-0.2, -0.15) is 0 Å². The molecule has 0 radical (unpaired) electrons. The number of aromatic nitrogens is 2. The van der Waals surface area contributed by atoms with E-state index < -0.39 is 0 Å². The normalized spacial score (nSPS) is 20.6. The summed E-state index contributed by atoms with van der Waals surface area (Å²) in [6, 6.07) is 0. The molecule has 0 amide bonds. The van der Waals surface area contributed by atoms with E-state index in [1.165, 1.54) is 0 Å². The number of rotatable bonds is 3. The number of hydrogen-bond acceptors (Lipinski definition) is 5. The third kappa shape index (κ3) is 2.66. The van der Waals surface area contributed by atoms with Crippen molar-refractivity contribution in [1.82, 2.24) is 9.97 Å². The first-order chi connectivity index (χ1) is 8.22. The highest BCUT2D eigenvalue weighted by Gasteiger charge is 2.21. The van der Waals surface area contributed by atoms with Crippen molar-refractivity contribution in [1.29, 1.82) is 0 Å². The van der Waals surface area contributed by atoms with Gasteiger partial charge in [0.1, 0.15) is 18.0 Å². The standard InChI is InChI=1S/C12H20N4O/c1-3-4-10-11(13)14-8-15-12(10)16-5-6-17-9(2)7-16/h8-9H,3-7H2,1-2H3,(H2,13,14,15). The van der Waals surface area contributed by atoms with E-state index in [1.54, 1.807) is 6.33 Å². The molecular weight excluding hydrogens is 216 g/mol. The van der Waals surface area contributed by atoms with E-state index in [1.807, 2.05) is 0 Å². The SMILES string of the molecule is CCCc1c(N)ncnc1N1CCOC(C)C1. The van der Waals surface area contributed by atoms with Crippen LogP contribution < -0.4 is 10.6 Å². The summed E-state index contributed by atoms with van der Waals surface area (Å²) in [7, 11) is 0. The van der Waals surface area contributed by atoms with E-state index in [2.05, 4.69) is 28.7 Å². The lowest BCUT2D eigenvalue weighted by molar-refractivity contribution is 0.0529. The number of anilines is 2. The number of nitrogen functional groups attached to an aromatic ring is 1. The highest BCUT2D eigenvalue weighted by atomic mass is 16.5. The summed E-state index contributed by atoms with van der Waals surface area (Å²) in [5.74, 6) is 1.59. The molecule has 1 aromatic heterocycles. The van der Waals surface area contributed by atoms with E-state index >= 15 is 0 Å². The molecule has 1 aromatic rings. The molecule has 1 atom stereocenters. The Hall–Kier alpha value is -1.36. The Labute approximate surface area is 102 Å². The third-order valence-corrected chi connectivity index (χ3v) is 3.00. The molecule has 1 aliphatic heterocycles. The second-order valence-corrected chi connectivity index (χ2v) is 4.44. The molecule has 5 heteroatoms. The number of hydrogen-bond donors (Lipinski definition) is 1. The van der Waals surface area contributed by atoms with Gasteiger partial charge in [-0.05, 0) is 13.3 Å². The van der Waals surface area contributed by atoms with Crippen molar-refractivity contribution >= 4 is 11.6 Å². The second-order valence-electron chi connectivity index (χ2n) is 4.44. The molecule has 1 saturated heterocycles. The zero-order valence-electron chi connectivity index (χ0n) is 10.5. The maximum atomic E-state index is 5.94. The molecule has 2 N–H and O–H groups in total. The van der Waals surface area contributed by atoms with Crippen LogP contribution in [0.2, 0.25) is 0 Å². The average Bonchev–Trinajstić information content (AvgIpc) is 2.32. The number of nitrogens with two attached hydrogens (primary N) is 1. The largest absolute Gasteiger partial charge is 0.383 e. The molecule has 0 bridgehead atoms. The fourth-order valence-corrected chi connectivity index (χ4v) is 2.19. The van der Waals surface area contributed by atoms with E-state index in [9.17, 15) is 0 Å². The summed E-state index contributed by atoms with van der Waals surface area (Å²) in [5.41, 5.74) is 7.01. The molecular formula is C12H20N4O. The van der Waals surface area contributed by atoms with E-state index in [0.29, 0.717) is 5.82 Å². The van der Waals surface area contributed by atoms with Gasteiger partial charge in [-0.15, -0.1) is 0 Å². The van der Waals surface area contributed by atoms with Gasteiger partial charge in [0.2, 0.25) is 0 Å². The van der Waals surface area contributed by atoms with Gasteiger partial charge in [-0.3, -0.25) is 0 Å². The van der Waals surface area contributed by atoms with E-state index in [0.717, 1.165) is 43.9 Å². The fraction of sp³-hybridized carbons (Fsp3) is 0.667. The minimum absolute atomic E-state index is 0.245. The third-order valence-electron chi connectivity index (χ3n) is 3.00. The molecule has 1 unspecified atom stereocenters. The maximum absolute atomic E-state index is 5.94. The Morgan fingerprint density at radius 2 is 2.35 bits per heavy atom. The second kappa shape index (κ2) is 5.31. The molecule has 1 aliphatic rings. The van der Waals surface area contributed by atoms with Crippen LogP contribution in [0.1, 0.15) is 25.8 Å². The van der Waals surface area contributed by atoms with Gasteiger partial charge >= 0.3 is 0 Å². The monoisotopic (exact) mass is 236 g/mol. The van der Waals surface area contributed by atoms with Crippen molar-refractivity contribution in [2.24, 2.45) is 0 Å². The summed E-state index contributed by atoms with van der Waals surface area (Å²) in [5, 5.41) is 0. The van der Waals surface area contributed by atoms with Crippen LogP contribution >= 0.6 is 0 Å². The summed E-state index contributed by atoms with van der Waals surface area (Å²) in [6.07, 6.45) is 3.76. The topological polar surface area (TPSA) is 64.3 Å². The van der Waals surface area contributed by atoms with Crippen LogP contribution in [0.25, 0.3) is 0 Å². The summed E-state index contributed by atoms with van der Waals surface area (Å²) < 4.78 is 5.54. The molecule has 0 aliphatic carbocycles. The van der Waals surface area contributed by atoms with Crippen molar-refractivity contribution < 1.29 is 4.74 Å². The quantitative estimate of drug-likeness (QED) is 0.855. The predicted molar refractivity (Wildman–Crippen MR) is 68.1 cm³/mol. The molecule has 2 heterocycles. The molecule has 1 fully saturated rings. The lowest BCUT2D eigenvalue weighted by atomic mass is 10.1. The van der Waals surface area contributed by atoms with Crippen LogP contribution in [0, 0.1) is 0 Å². The summed E-state index contributed by atoms with van der Waals surface area (Å²) >= 11 is 0. The van der Waals surface area contributed by atoms with Crippen molar-refractivity contribution in [2.75, 3.05) is 30.3 Å². The first-order valence-corrected chi connectivity index (χ1v) is 6.18. The molecule has 17 heavy (non-hydrogen) atoms. The van der Waals surface area contributed by atoms with E-state index in [4.69, 9.17) is 10.5 Å². The highest BCUT2D eigenvalue weighted by Crippen LogP contribution is 2.24. The minimum atomic E-state index is 0.245. The van der Waals surface area contributed by atoms with Gasteiger partial charge in [0.05, 0.1) is 12.7 Å². The van der Waals surface area contributed by atoms with Gasteiger partial charge in [-0.1, -0.05) is 13.3 Å². The van der Waals surface area contributed by atoms with Crippen LogP contribution in [-0.2, 0) is 11.2 Å². The minimum Gasteiger partial charge on any atom is -0.383 e. The Bertz CT molecular complexity index is 383. The predicted octanol–water partition coefficient (Wildman–Crippen LogP) is 1.24. The molecule has 2 rings (SSSR count). The van der Waals surface area contributed by atoms with Gasteiger partial charge in [0.15, 0.2) is 0 Å². The Morgan fingerprint density at radius 1 is 1.53 bits per heavy atom. The molecule has 0 spiro atoms. The number of ether oxygens (including phenoxy) is 1. The molecule has 0 saturated carbocycles. The molecule has 5 nitrogen and oxygen atoms in total. The lowest BCUT2D eigenvalue weighted by Gasteiger charge is -2.33. The smallest absolute Gasteiger partial charge is 0.137 e. The Balaban J connectivity index is 2.27. The molecule has 0 aromatic carbocycles. The number of morpholine rings is 1. The van der Waals surface area contributed by atoms with Crippen LogP contribution in [-0.4, -0.2) is 35.8 Å². The van der Waals surface area contributed by atoms with Crippen LogP contribution in [0.15, 0.2) is 6.33 Å². The Kier molecular flexibility index (Phi) is 3.78. The van der Waals surface area contributed by atoms with Crippen LogP contribution in [0.5, 0.6) is 0 Å². The Morgan fingerprint density at radius 3 is 3.06 bits per heavy atom. The van der Waals surface area contributed by atoms with E-state index in [-0.39, 0.29) is 6.10 Å². The van der Waals surface area contributed by atoms with Gasteiger partial charge < -0.3 is 15.4 Å². The highest BCUT2D eigenvalue weighted by molar-refractivity contribution is 5.56. The zero-order chi connectivity index (χ0) is 12.3. The average molecular weight is 236 g/mol. The number of nitrogens with zero attached hydrogens (tertiary/aromatic N) is 3. The van der Waals surface area contributed by atoms with Crippen LogP contribution in [0.3, 0.4) is 0 Å². The summed E-state index contributed by atoms with van der Waals surface area (Å²) in [6.45, 7) is 6.70. The zero-order valence-corrected chi connectivity index (χ0v) is 10.5. The van der Waals surface area contributed by atoms with Crippen LogP contribution in [0.4, 0.5) is 11.6 Å². The van der Waals surface area contributed by atoms with Crippen molar-refractivity contribution in [3.63, 3.8) is 0 Å². The van der Waals surface area contributed by atoms with Crippen molar-refractivity contribution in [3.05, 3.63) is 11.9 Å². The first kappa shape index (κ1) is 12.1. The van der Waals surface area contributed by atoms with Gasteiger partial charge in [0.25, 0.3) is 0 Å². The van der Waals surface area contributed by atoms with Crippen molar-refractivity contribution in [3.8, 4) is 0 Å². The lowest BCUT2D eigenvalue weighted by Crippen LogP contribution is -2.42. The fourth-order valence-electron chi connectivity index (χ4n) is 2.19. The first-order valence-electron chi connectivity index (χ1n) is 6.18. The maximum Gasteiger partial charge on any atom is 0.137 e. The summed E-state index contributed by atoms with van der Waals surface area (Å²) in [4.78, 5) is 10.7. The van der Waals surface area contributed by atoms with Gasteiger partial charge in [-0.25, -0.2) is 9.97 Å². The van der Waals surface area contributed by atoms with Gasteiger partial charge in [0, 0.05) is 18.7 Å². The molecule has 94 valence electrons. The van der Waals surface area contributed by atoms with Crippen molar-refractivity contribution in [2.45, 2.75) is 32.8 Å².